The van der Waals surface area contributed by atoms with E-state index in [9.17, 15) is 9.59 Å². The van der Waals surface area contributed by atoms with Crippen molar-refractivity contribution in [2.24, 2.45) is 5.73 Å². The zero-order chi connectivity index (χ0) is 20.4. The molecule has 0 saturated carbocycles. The largest absolute Gasteiger partial charge is 0.383 e. The summed E-state index contributed by atoms with van der Waals surface area (Å²) in [6.45, 7) is 4.03. The molecule has 0 radical (unpaired) electrons. The van der Waals surface area contributed by atoms with Crippen LogP contribution in [0.25, 0.3) is 11.1 Å². The maximum atomic E-state index is 12.9. The van der Waals surface area contributed by atoms with Crippen LogP contribution in [0.1, 0.15) is 46.4 Å². The van der Waals surface area contributed by atoms with Gasteiger partial charge in [0.15, 0.2) is 0 Å². The molecule has 2 aliphatic heterocycles. The van der Waals surface area contributed by atoms with Crippen molar-refractivity contribution < 1.29 is 9.59 Å². The number of piperidine rings is 1. The summed E-state index contributed by atoms with van der Waals surface area (Å²) < 4.78 is 0. The number of nitrogens with two attached hydrogens (primary N) is 2. The number of hydrogen-bond acceptors (Lipinski definition) is 5. The number of likely N-dealkylation sites (tertiary alicyclic amines) is 2. The van der Waals surface area contributed by atoms with E-state index >= 15 is 0 Å². The van der Waals surface area contributed by atoms with E-state index in [1.807, 2.05) is 29.2 Å². The van der Waals surface area contributed by atoms with Crippen LogP contribution < -0.4 is 11.5 Å². The molecule has 7 heteroatoms. The van der Waals surface area contributed by atoms with Crippen molar-refractivity contribution in [3.05, 3.63) is 47.7 Å². The van der Waals surface area contributed by atoms with Crippen molar-refractivity contribution >= 4 is 17.6 Å². The number of primary amides is 1. The minimum atomic E-state index is -0.610. The molecule has 1 aromatic heterocycles. The van der Waals surface area contributed by atoms with Crippen molar-refractivity contribution in [3.63, 3.8) is 0 Å². The summed E-state index contributed by atoms with van der Waals surface area (Å²) in [5.74, 6) is -0.420. The Balaban J connectivity index is 1.42. The van der Waals surface area contributed by atoms with E-state index in [0.717, 1.165) is 37.1 Å². The minimum absolute atomic E-state index is 0.0738. The molecule has 4 rings (SSSR count). The Bertz CT molecular complexity index is 898. The lowest BCUT2D eigenvalue weighted by Gasteiger charge is -2.36. The van der Waals surface area contributed by atoms with Crippen LogP contribution in [-0.2, 0) is 0 Å². The van der Waals surface area contributed by atoms with Crippen LogP contribution in [-0.4, -0.2) is 58.8 Å². The summed E-state index contributed by atoms with van der Waals surface area (Å²) in [5.41, 5.74) is 13.5. The normalized spacial score (nSPS) is 18.1. The second-order valence-electron chi connectivity index (χ2n) is 7.86. The number of benzene rings is 1. The predicted octanol–water partition coefficient (Wildman–Crippen LogP) is 2.13. The zero-order valence-electron chi connectivity index (χ0n) is 16.5. The predicted molar refractivity (Wildman–Crippen MR) is 112 cm³/mol. The van der Waals surface area contributed by atoms with Gasteiger partial charge in [-0.25, -0.2) is 4.98 Å². The average Bonchev–Trinajstić information content (AvgIpc) is 3.29. The third-order valence-electron chi connectivity index (χ3n) is 6.06. The fourth-order valence-corrected chi connectivity index (χ4v) is 4.36. The van der Waals surface area contributed by atoms with Crippen LogP contribution in [0, 0.1) is 0 Å². The number of aromatic nitrogens is 1. The summed E-state index contributed by atoms with van der Waals surface area (Å²) in [6, 6.07) is 9.63. The molecule has 7 nitrogen and oxygen atoms in total. The molecular formula is C22H27N5O2. The molecule has 0 aliphatic carbocycles. The van der Waals surface area contributed by atoms with Crippen LogP contribution in [0.4, 0.5) is 5.82 Å². The van der Waals surface area contributed by atoms with Gasteiger partial charge in [-0.15, -0.1) is 0 Å². The monoisotopic (exact) mass is 393 g/mol. The van der Waals surface area contributed by atoms with Crippen LogP contribution >= 0.6 is 0 Å². The molecule has 3 heterocycles. The molecule has 0 atom stereocenters. The molecule has 2 fully saturated rings. The summed E-state index contributed by atoms with van der Waals surface area (Å²) in [5, 5.41) is 0. The minimum Gasteiger partial charge on any atom is -0.383 e. The first kappa shape index (κ1) is 19.4. The van der Waals surface area contributed by atoms with Crippen molar-refractivity contribution in [3.8, 4) is 11.1 Å². The quantitative estimate of drug-likeness (QED) is 0.828. The van der Waals surface area contributed by atoms with Crippen LogP contribution in [0.15, 0.2) is 36.5 Å². The topological polar surface area (TPSA) is 106 Å². The highest BCUT2D eigenvalue weighted by Gasteiger charge is 2.28. The van der Waals surface area contributed by atoms with Gasteiger partial charge in [0, 0.05) is 36.5 Å². The van der Waals surface area contributed by atoms with Gasteiger partial charge in [0.05, 0.1) is 5.56 Å². The highest BCUT2D eigenvalue weighted by Crippen LogP contribution is 2.25. The van der Waals surface area contributed by atoms with Gasteiger partial charge >= 0.3 is 0 Å². The number of hydrogen-bond donors (Lipinski definition) is 2. The molecule has 2 saturated heterocycles. The standard InChI is InChI=1S/C22H27N5O2/c23-20-19(21(24)28)13-17(14-25-20)15-3-5-16(6-4-15)22(29)27-11-7-18(8-12-27)26-9-1-2-10-26/h3-6,13-14,18H,1-2,7-12H2,(H2,23,25)(H2,24,28). The third-order valence-corrected chi connectivity index (χ3v) is 6.06. The van der Waals surface area contributed by atoms with Crippen molar-refractivity contribution in [1.29, 1.82) is 0 Å². The maximum absolute atomic E-state index is 12.9. The lowest BCUT2D eigenvalue weighted by Crippen LogP contribution is -2.45. The number of nitrogens with zero attached hydrogens (tertiary/aromatic N) is 3. The Morgan fingerprint density at radius 2 is 1.62 bits per heavy atom. The fraction of sp³-hybridized carbons (Fsp3) is 0.409. The van der Waals surface area contributed by atoms with E-state index in [-0.39, 0.29) is 17.3 Å². The molecular weight excluding hydrogens is 366 g/mol. The first-order chi connectivity index (χ1) is 14.0. The number of anilines is 1. The molecule has 1 aromatic carbocycles. The second kappa shape index (κ2) is 8.21. The van der Waals surface area contributed by atoms with Gasteiger partial charge in [-0.2, -0.15) is 0 Å². The van der Waals surface area contributed by atoms with Crippen LogP contribution in [0.2, 0.25) is 0 Å². The van der Waals surface area contributed by atoms with Crippen LogP contribution in [0.5, 0.6) is 0 Å². The Morgan fingerprint density at radius 3 is 2.24 bits per heavy atom. The van der Waals surface area contributed by atoms with Gasteiger partial charge in [-0.3, -0.25) is 9.59 Å². The SMILES string of the molecule is NC(=O)c1cc(-c2ccc(C(=O)N3CCC(N4CCCC4)CC3)cc2)cnc1N. The zero-order valence-corrected chi connectivity index (χ0v) is 16.5. The van der Waals surface area contributed by atoms with Gasteiger partial charge in [-0.1, -0.05) is 12.1 Å². The Kier molecular flexibility index (Phi) is 5.49. The summed E-state index contributed by atoms with van der Waals surface area (Å²) in [7, 11) is 0. The van der Waals surface area contributed by atoms with Gasteiger partial charge in [0.25, 0.3) is 11.8 Å². The molecule has 2 aromatic rings. The van der Waals surface area contributed by atoms with Crippen molar-refractivity contribution in [2.75, 3.05) is 31.9 Å². The maximum Gasteiger partial charge on any atom is 0.253 e. The first-order valence-electron chi connectivity index (χ1n) is 10.2. The molecule has 152 valence electrons. The fourth-order valence-electron chi connectivity index (χ4n) is 4.36. The Hall–Kier alpha value is -2.93. The summed E-state index contributed by atoms with van der Waals surface area (Å²) in [4.78, 5) is 32.9. The van der Waals surface area contributed by atoms with E-state index in [1.54, 1.807) is 12.3 Å². The van der Waals surface area contributed by atoms with E-state index in [4.69, 9.17) is 11.5 Å². The Labute approximate surface area is 170 Å². The van der Waals surface area contributed by atoms with Crippen molar-refractivity contribution in [2.45, 2.75) is 31.7 Å². The molecule has 4 N–H and O–H groups in total. The summed E-state index contributed by atoms with van der Waals surface area (Å²) in [6.07, 6.45) is 6.31. The molecule has 0 bridgehead atoms. The highest BCUT2D eigenvalue weighted by molar-refractivity contribution is 5.98. The molecule has 29 heavy (non-hydrogen) atoms. The number of carbonyl (C=O) groups is 2. The Morgan fingerprint density at radius 1 is 0.966 bits per heavy atom. The first-order valence-corrected chi connectivity index (χ1v) is 10.2. The number of rotatable bonds is 4. The molecule has 2 amide bonds. The third kappa shape index (κ3) is 4.10. The molecule has 2 aliphatic rings. The molecule has 0 unspecified atom stereocenters. The van der Waals surface area contributed by atoms with Crippen LogP contribution in [0.3, 0.4) is 0 Å². The highest BCUT2D eigenvalue weighted by atomic mass is 16.2. The lowest BCUT2D eigenvalue weighted by molar-refractivity contribution is 0.0644. The number of nitrogen functional groups attached to an aromatic ring is 1. The van der Waals surface area contributed by atoms with Crippen molar-refractivity contribution in [1.82, 2.24) is 14.8 Å². The number of carbonyl (C=O) groups excluding carboxylic acids is 2. The smallest absolute Gasteiger partial charge is 0.253 e. The van der Waals surface area contributed by atoms with E-state index in [1.165, 1.54) is 25.9 Å². The van der Waals surface area contributed by atoms with Gasteiger partial charge in [-0.05, 0) is 62.5 Å². The number of pyridine rings is 1. The molecule has 0 spiro atoms. The van der Waals surface area contributed by atoms with E-state index in [2.05, 4.69) is 9.88 Å². The average molecular weight is 393 g/mol. The van der Waals surface area contributed by atoms with Gasteiger partial charge in [0.1, 0.15) is 5.82 Å². The summed E-state index contributed by atoms with van der Waals surface area (Å²) >= 11 is 0. The van der Waals surface area contributed by atoms with E-state index < -0.39 is 5.91 Å². The lowest BCUT2D eigenvalue weighted by atomic mass is 10.0. The van der Waals surface area contributed by atoms with Gasteiger partial charge in [0.2, 0.25) is 0 Å². The number of amides is 2. The van der Waals surface area contributed by atoms with Gasteiger partial charge < -0.3 is 21.3 Å². The second-order valence-corrected chi connectivity index (χ2v) is 7.86. The van der Waals surface area contributed by atoms with E-state index in [0.29, 0.717) is 11.6 Å².